The third-order valence-electron chi connectivity index (χ3n) is 2.50. The van der Waals surface area contributed by atoms with E-state index in [1.54, 1.807) is 0 Å². The molecule has 2 heteroatoms. The van der Waals surface area contributed by atoms with Gasteiger partial charge >= 0.3 is 0 Å². The number of benzene rings is 1. The first-order valence-electron chi connectivity index (χ1n) is 5.03. The monoisotopic (exact) mass is 198 g/mol. The van der Waals surface area contributed by atoms with Crippen LogP contribution in [0.1, 0.15) is 11.1 Å². The fourth-order valence-electron chi connectivity index (χ4n) is 1.70. The maximum Gasteiger partial charge on any atom is 0.0734 e. The summed E-state index contributed by atoms with van der Waals surface area (Å²) in [6, 6.07) is 12.1. The summed E-state index contributed by atoms with van der Waals surface area (Å²) in [5, 5.41) is 0. The van der Waals surface area contributed by atoms with Crippen LogP contribution in [0.4, 0.5) is 0 Å². The van der Waals surface area contributed by atoms with Crippen LogP contribution in [0.2, 0.25) is 0 Å². The van der Waals surface area contributed by atoms with Gasteiger partial charge in [-0.25, -0.2) is 0 Å². The predicted octanol–water partition coefficient (Wildman–Crippen LogP) is 2.52. The summed E-state index contributed by atoms with van der Waals surface area (Å²) in [6.45, 7) is 2.61. The molecule has 0 aliphatic heterocycles. The van der Waals surface area contributed by atoms with Gasteiger partial charge in [-0.1, -0.05) is 30.3 Å². The number of hydrogen-bond donors (Lipinski definition) is 1. The lowest BCUT2D eigenvalue weighted by Gasteiger charge is -2.08. The Morgan fingerprint density at radius 3 is 2.67 bits per heavy atom. The Balaban J connectivity index is 2.59. The van der Waals surface area contributed by atoms with Crippen LogP contribution < -0.4 is 5.73 Å². The SMILES string of the molecule is Cc1cccnc1-c1ccccc1CN. The Morgan fingerprint density at radius 2 is 1.93 bits per heavy atom. The highest BCUT2D eigenvalue weighted by atomic mass is 14.7. The minimum absolute atomic E-state index is 0.548. The van der Waals surface area contributed by atoms with Crippen LogP contribution in [0.25, 0.3) is 11.3 Å². The molecule has 0 spiro atoms. The lowest BCUT2D eigenvalue weighted by Crippen LogP contribution is -2.00. The van der Waals surface area contributed by atoms with Gasteiger partial charge in [0.25, 0.3) is 0 Å². The molecule has 0 fully saturated rings. The summed E-state index contributed by atoms with van der Waals surface area (Å²) in [5.41, 5.74) is 10.2. The van der Waals surface area contributed by atoms with E-state index in [1.807, 2.05) is 30.5 Å². The Hall–Kier alpha value is -1.67. The maximum atomic E-state index is 5.71. The Morgan fingerprint density at radius 1 is 1.13 bits per heavy atom. The minimum Gasteiger partial charge on any atom is -0.326 e. The Kier molecular flexibility index (Phi) is 2.79. The molecule has 2 nitrogen and oxygen atoms in total. The summed E-state index contributed by atoms with van der Waals surface area (Å²) in [7, 11) is 0. The highest BCUT2D eigenvalue weighted by Gasteiger charge is 2.06. The van der Waals surface area contributed by atoms with Crippen LogP contribution in [0.15, 0.2) is 42.6 Å². The zero-order valence-corrected chi connectivity index (χ0v) is 8.77. The van der Waals surface area contributed by atoms with Crippen LogP contribution in [0, 0.1) is 6.92 Å². The number of nitrogens with zero attached hydrogens (tertiary/aromatic N) is 1. The van der Waals surface area contributed by atoms with E-state index in [-0.39, 0.29) is 0 Å². The van der Waals surface area contributed by atoms with E-state index in [2.05, 4.69) is 24.0 Å². The van der Waals surface area contributed by atoms with Gasteiger partial charge in [-0.15, -0.1) is 0 Å². The second-order valence-electron chi connectivity index (χ2n) is 3.53. The normalized spacial score (nSPS) is 10.3. The predicted molar refractivity (Wildman–Crippen MR) is 62.3 cm³/mol. The maximum absolute atomic E-state index is 5.71. The van der Waals surface area contributed by atoms with Gasteiger partial charge in [-0.05, 0) is 24.1 Å². The summed E-state index contributed by atoms with van der Waals surface area (Å²) < 4.78 is 0. The van der Waals surface area contributed by atoms with Gasteiger partial charge in [-0.3, -0.25) is 4.98 Å². The molecule has 0 aliphatic carbocycles. The molecule has 0 atom stereocenters. The van der Waals surface area contributed by atoms with Gasteiger partial charge in [0.15, 0.2) is 0 Å². The van der Waals surface area contributed by atoms with Crippen molar-refractivity contribution in [3.8, 4) is 11.3 Å². The largest absolute Gasteiger partial charge is 0.326 e. The average molecular weight is 198 g/mol. The number of hydrogen-bond acceptors (Lipinski definition) is 2. The van der Waals surface area contributed by atoms with Crippen molar-refractivity contribution in [3.05, 3.63) is 53.7 Å². The van der Waals surface area contributed by atoms with Gasteiger partial charge in [0, 0.05) is 18.3 Å². The molecule has 0 saturated heterocycles. The molecule has 1 aromatic heterocycles. The van der Waals surface area contributed by atoms with Crippen LogP contribution in [0.5, 0.6) is 0 Å². The van der Waals surface area contributed by atoms with Crippen molar-refractivity contribution >= 4 is 0 Å². The van der Waals surface area contributed by atoms with Crippen molar-refractivity contribution in [2.75, 3.05) is 0 Å². The molecule has 1 aromatic carbocycles. The molecular weight excluding hydrogens is 184 g/mol. The highest BCUT2D eigenvalue weighted by molar-refractivity contribution is 5.66. The van der Waals surface area contributed by atoms with E-state index >= 15 is 0 Å². The van der Waals surface area contributed by atoms with Gasteiger partial charge in [-0.2, -0.15) is 0 Å². The van der Waals surface area contributed by atoms with Crippen molar-refractivity contribution in [2.24, 2.45) is 5.73 Å². The lowest BCUT2D eigenvalue weighted by molar-refractivity contribution is 1.07. The zero-order chi connectivity index (χ0) is 10.7. The number of pyridine rings is 1. The van der Waals surface area contributed by atoms with E-state index in [9.17, 15) is 0 Å². The number of aromatic nitrogens is 1. The van der Waals surface area contributed by atoms with E-state index in [0.717, 1.165) is 16.8 Å². The van der Waals surface area contributed by atoms with Gasteiger partial charge in [0.1, 0.15) is 0 Å². The van der Waals surface area contributed by atoms with Gasteiger partial charge < -0.3 is 5.73 Å². The van der Waals surface area contributed by atoms with Crippen LogP contribution in [0.3, 0.4) is 0 Å². The molecular formula is C13H14N2. The van der Waals surface area contributed by atoms with E-state index < -0.39 is 0 Å². The molecule has 0 aliphatic rings. The molecule has 0 radical (unpaired) electrons. The molecule has 0 unspecified atom stereocenters. The summed E-state index contributed by atoms with van der Waals surface area (Å²) in [5.74, 6) is 0. The van der Waals surface area contributed by atoms with E-state index in [0.29, 0.717) is 6.54 Å². The lowest BCUT2D eigenvalue weighted by atomic mass is 10.0. The smallest absolute Gasteiger partial charge is 0.0734 e. The van der Waals surface area contributed by atoms with Crippen molar-refractivity contribution in [1.82, 2.24) is 4.98 Å². The third kappa shape index (κ3) is 1.90. The molecule has 2 rings (SSSR count). The number of nitrogens with two attached hydrogens (primary N) is 1. The molecule has 15 heavy (non-hydrogen) atoms. The minimum atomic E-state index is 0.548. The average Bonchev–Trinajstić information content (AvgIpc) is 2.30. The standard InChI is InChI=1S/C13H14N2/c1-10-5-4-8-15-13(10)12-7-3-2-6-11(12)9-14/h2-8H,9,14H2,1H3. The molecule has 0 amide bonds. The molecule has 76 valence electrons. The molecule has 2 aromatic rings. The van der Waals surface area contributed by atoms with Crippen LogP contribution in [-0.2, 0) is 6.54 Å². The third-order valence-corrected chi connectivity index (χ3v) is 2.50. The highest BCUT2D eigenvalue weighted by Crippen LogP contribution is 2.23. The fourth-order valence-corrected chi connectivity index (χ4v) is 1.70. The second-order valence-corrected chi connectivity index (χ2v) is 3.53. The second kappa shape index (κ2) is 4.24. The van der Waals surface area contributed by atoms with Crippen LogP contribution >= 0.6 is 0 Å². The number of aryl methyl sites for hydroxylation is 1. The summed E-state index contributed by atoms with van der Waals surface area (Å²) in [6.07, 6.45) is 1.82. The molecule has 0 saturated carbocycles. The Labute approximate surface area is 89.8 Å². The summed E-state index contributed by atoms with van der Waals surface area (Å²) >= 11 is 0. The Bertz CT molecular complexity index is 464. The first-order valence-corrected chi connectivity index (χ1v) is 5.03. The fraction of sp³-hybridized carbons (Fsp3) is 0.154. The first-order chi connectivity index (χ1) is 7.33. The molecule has 2 N–H and O–H groups in total. The van der Waals surface area contributed by atoms with Gasteiger partial charge in [0.05, 0.1) is 5.69 Å². The van der Waals surface area contributed by atoms with E-state index in [4.69, 9.17) is 5.73 Å². The van der Waals surface area contributed by atoms with Crippen molar-refractivity contribution in [2.45, 2.75) is 13.5 Å². The van der Waals surface area contributed by atoms with Crippen molar-refractivity contribution in [3.63, 3.8) is 0 Å². The molecule has 0 bridgehead atoms. The van der Waals surface area contributed by atoms with Gasteiger partial charge in [0.2, 0.25) is 0 Å². The zero-order valence-electron chi connectivity index (χ0n) is 8.77. The van der Waals surface area contributed by atoms with Crippen LogP contribution in [-0.4, -0.2) is 4.98 Å². The number of rotatable bonds is 2. The van der Waals surface area contributed by atoms with E-state index in [1.165, 1.54) is 5.56 Å². The van der Waals surface area contributed by atoms with Crippen molar-refractivity contribution < 1.29 is 0 Å². The van der Waals surface area contributed by atoms with Crippen molar-refractivity contribution in [1.29, 1.82) is 0 Å². The summed E-state index contributed by atoms with van der Waals surface area (Å²) in [4.78, 5) is 4.40. The first kappa shape index (κ1) is 9.87. The topological polar surface area (TPSA) is 38.9 Å². The quantitative estimate of drug-likeness (QED) is 0.805. The molecule has 1 heterocycles.